The molecule has 0 radical (unpaired) electrons. The first-order valence-corrected chi connectivity index (χ1v) is 7.87. The zero-order chi connectivity index (χ0) is 18.7. The summed E-state index contributed by atoms with van der Waals surface area (Å²) in [7, 11) is 0. The Morgan fingerprint density at radius 2 is 1.57 bits per heavy atom. The lowest BCUT2D eigenvalue weighted by atomic mass is 9.99. The first kappa shape index (κ1) is 23.5. The van der Waals surface area contributed by atoms with E-state index in [4.69, 9.17) is 9.59 Å². The second-order valence-electron chi connectivity index (χ2n) is 6.60. The normalized spacial score (nSPS) is 16.8. The lowest BCUT2D eigenvalue weighted by molar-refractivity contribution is -0.191. The molecular formula is C17H29NO5. The summed E-state index contributed by atoms with van der Waals surface area (Å²) in [5.74, 6) is 0.949. The summed E-state index contributed by atoms with van der Waals surface area (Å²) in [4.78, 5) is 51.0. The van der Waals surface area contributed by atoms with Gasteiger partial charge in [0.05, 0.1) is 0 Å². The molecule has 23 heavy (non-hydrogen) atoms. The van der Waals surface area contributed by atoms with Crippen LogP contribution in [0.15, 0.2) is 0 Å². The summed E-state index contributed by atoms with van der Waals surface area (Å²) >= 11 is 0. The van der Waals surface area contributed by atoms with Crippen molar-refractivity contribution in [1.82, 2.24) is 4.90 Å². The van der Waals surface area contributed by atoms with E-state index in [1.54, 1.807) is 6.92 Å². The Morgan fingerprint density at radius 1 is 1.13 bits per heavy atom. The summed E-state index contributed by atoms with van der Waals surface area (Å²) in [5, 5.41) is 0. The molecule has 6 heteroatoms. The third-order valence-electron chi connectivity index (χ3n) is 3.18. The van der Waals surface area contributed by atoms with E-state index in [2.05, 4.69) is 13.8 Å². The highest BCUT2D eigenvalue weighted by Crippen LogP contribution is 2.20. The molecule has 1 aliphatic heterocycles. The number of Topliss-reactive ketones (excluding diaryl/α,β-unsaturated/α-hetero) is 1. The predicted molar refractivity (Wildman–Crippen MR) is 85.1 cm³/mol. The van der Waals surface area contributed by atoms with Crippen molar-refractivity contribution >= 4 is 23.7 Å². The molecule has 0 bridgehead atoms. The fraction of sp³-hybridized carbons (Fsp3) is 0.765. The number of carbonyl (C=O) groups excluding carboxylic acids is 5. The van der Waals surface area contributed by atoms with Gasteiger partial charge in [0.25, 0.3) is 0 Å². The molecule has 6 nitrogen and oxygen atoms in total. The zero-order valence-electron chi connectivity index (χ0n) is 15.2. The van der Waals surface area contributed by atoms with Crippen LogP contribution in [-0.2, 0) is 24.0 Å². The second-order valence-corrected chi connectivity index (χ2v) is 6.60. The van der Waals surface area contributed by atoms with Crippen LogP contribution in [0, 0.1) is 17.8 Å². The third-order valence-corrected chi connectivity index (χ3v) is 3.18. The molecule has 0 aromatic rings. The van der Waals surface area contributed by atoms with Gasteiger partial charge in [-0.05, 0) is 19.8 Å². The summed E-state index contributed by atoms with van der Waals surface area (Å²) in [6.07, 6.45) is 1.37. The maximum absolute atomic E-state index is 11.3. The van der Waals surface area contributed by atoms with Crippen molar-refractivity contribution in [2.45, 2.75) is 67.3 Å². The quantitative estimate of drug-likeness (QED) is 0.740. The SMILES string of the molecule is CC(C)CC(=O)C(C)C.CC1CC(=O)N(C(C)C)C1=O.O=C=O. The Morgan fingerprint density at radius 3 is 1.70 bits per heavy atom. The van der Waals surface area contributed by atoms with Gasteiger partial charge in [-0.15, -0.1) is 0 Å². The molecule has 1 rings (SSSR count). The molecular weight excluding hydrogens is 298 g/mol. The van der Waals surface area contributed by atoms with Gasteiger partial charge < -0.3 is 0 Å². The van der Waals surface area contributed by atoms with Crippen molar-refractivity contribution in [3.8, 4) is 0 Å². The van der Waals surface area contributed by atoms with Crippen LogP contribution in [0.3, 0.4) is 0 Å². The van der Waals surface area contributed by atoms with Crippen LogP contribution in [0.1, 0.15) is 61.3 Å². The number of rotatable bonds is 4. The Balaban J connectivity index is 0. The number of ketones is 1. The molecule has 0 spiro atoms. The van der Waals surface area contributed by atoms with Gasteiger partial charge in [-0.3, -0.25) is 19.3 Å². The Bertz CT molecular complexity index is 434. The smallest absolute Gasteiger partial charge is 0.299 e. The van der Waals surface area contributed by atoms with E-state index in [9.17, 15) is 14.4 Å². The fourth-order valence-corrected chi connectivity index (χ4v) is 1.99. The lowest BCUT2D eigenvalue weighted by Gasteiger charge is -2.18. The number of nitrogens with zero attached hydrogens (tertiary/aromatic N) is 1. The van der Waals surface area contributed by atoms with Crippen LogP contribution in [0.4, 0.5) is 0 Å². The maximum Gasteiger partial charge on any atom is 0.373 e. The van der Waals surface area contributed by atoms with E-state index in [1.165, 1.54) is 4.90 Å². The second kappa shape index (κ2) is 11.7. The van der Waals surface area contributed by atoms with E-state index in [-0.39, 0.29) is 35.8 Å². The van der Waals surface area contributed by atoms with Crippen LogP contribution < -0.4 is 0 Å². The van der Waals surface area contributed by atoms with Gasteiger partial charge in [-0.1, -0.05) is 34.6 Å². The largest absolute Gasteiger partial charge is 0.373 e. The minimum atomic E-state index is -0.107. The van der Waals surface area contributed by atoms with E-state index < -0.39 is 0 Å². The van der Waals surface area contributed by atoms with Gasteiger partial charge in [0.15, 0.2) is 0 Å². The third kappa shape index (κ3) is 9.74. The number of hydrogen-bond acceptors (Lipinski definition) is 5. The molecule has 2 amide bonds. The van der Waals surface area contributed by atoms with Crippen molar-refractivity contribution in [3.63, 3.8) is 0 Å². The molecule has 132 valence electrons. The highest BCUT2D eigenvalue weighted by atomic mass is 16.2. The average Bonchev–Trinajstić information content (AvgIpc) is 2.63. The molecule has 1 fully saturated rings. The minimum Gasteiger partial charge on any atom is -0.299 e. The van der Waals surface area contributed by atoms with Gasteiger partial charge >= 0.3 is 6.15 Å². The van der Waals surface area contributed by atoms with E-state index in [1.807, 2.05) is 27.7 Å². The molecule has 1 atom stereocenters. The van der Waals surface area contributed by atoms with Crippen molar-refractivity contribution < 1.29 is 24.0 Å². The number of amides is 2. The Kier molecular flexibility index (Phi) is 11.9. The molecule has 0 saturated carbocycles. The van der Waals surface area contributed by atoms with Crippen LogP contribution in [0.5, 0.6) is 0 Å². The Labute approximate surface area is 138 Å². The number of likely N-dealkylation sites (tertiary alicyclic amines) is 1. The van der Waals surface area contributed by atoms with E-state index in [0.717, 1.165) is 6.42 Å². The lowest BCUT2D eigenvalue weighted by Crippen LogP contribution is -2.36. The molecule has 0 N–H and O–H groups in total. The molecule has 1 aliphatic rings. The standard InChI is InChI=1S/C8H13NO2.C8H16O.CO2/c1-5(2)9-7(10)4-6(3)8(9)11;1-6(2)5-8(9)7(3)4;2-1-3/h5-6H,4H2,1-3H3;6-7H,5H2,1-4H3;. The molecule has 0 aromatic heterocycles. The molecule has 0 aromatic carbocycles. The zero-order valence-corrected chi connectivity index (χ0v) is 15.2. The van der Waals surface area contributed by atoms with Gasteiger partial charge in [0, 0.05) is 30.7 Å². The monoisotopic (exact) mass is 327 g/mol. The number of imide groups is 1. The van der Waals surface area contributed by atoms with Gasteiger partial charge in [0.2, 0.25) is 11.8 Å². The molecule has 1 unspecified atom stereocenters. The average molecular weight is 327 g/mol. The molecule has 0 aliphatic carbocycles. The highest BCUT2D eigenvalue weighted by Gasteiger charge is 2.36. The predicted octanol–water partition coefficient (Wildman–Crippen LogP) is 2.46. The summed E-state index contributed by atoms with van der Waals surface area (Å²) in [6, 6.07) is 0.0138. The van der Waals surface area contributed by atoms with Crippen LogP contribution >= 0.6 is 0 Å². The maximum atomic E-state index is 11.3. The van der Waals surface area contributed by atoms with Crippen LogP contribution in [0.25, 0.3) is 0 Å². The van der Waals surface area contributed by atoms with Crippen LogP contribution in [-0.4, -0.2) is 34.7 Å². The highest BCUT2D eigenvalue weighted by molar-refractivity contribution is 6.03. The number of hydrogen-bond donors (Lipinski definition) is 0. The molecule has 1 saturated heterocycles. The van der Waals surface area contributed by atoms with Crippen molar-refractivity contribution in [1.29, 1.82) is 0 Å². The summed E-state index contributed by atoms with van der Waals surface area (Å²) in [5.41, 5.74) is 0. The number of carbonyl (C=O) groups is 3. The molecule has 1 heterocycles. The first-order chi connectivity index (χ1) is 10.5. The Hall–Kier alpha value is -1.81. The van der Waals surface area contributed by atoms with Crippen molar-refractivity contribution in [2.75, 3.05) is 0 Å². The van der Waals surface area contributed by atoms with E-state index >= 15 is 0 Å². The summed E-state index contributed by atoms with van der Waals surface area (Å²) < 4.78 is 0. The first-order valence-electron chi connectivity index (χ1n) is 7.87. The van der Waals surface area contributed by atoms with Gasteiger partial charge in [0.1, 0.15) is 5.78 Å². The van der Waals surface area contributed by atoms with Gasteiger partial charge in [-0.25, -0.2) is 0 Å². The fourth-order valence-electron chi connectivity index (χ4n) is 1.99. The summed E-state index contributed by atoms with van der Waals surface area (Å²) in [6.45, 7) is 13.5. The minimum absolute atomic E-state index is 0.0138. The van der Waals surface area contributed by atoms with Crippen molar-refractivity contribution in [3.05, 3.63) is 0 Å². The van der Waals surface area contributed by atoms with Gasteiger partial charge in [-0.2, -0.15) is 9.59 Å². The van der Waals surface area contributed by atoms with Crippen molar-refractivity contribution in [2.24, 2.45) is 17.8 Å². The van der Waals surface area contributed by atoms with Crippen LogP contribution in [0.2, 0.25) is 0 Å². The topological polar surface area (TPSA) is 88.6 Å². The van der Waals surface area contributed by atoms with E-state index in [0.29, 0.717) is 18.1 Å².